The zero-order valence-electron chi connectivity index (χ0n) is 8.14. The highest BCUT2D eigenvalue weighted by Crippen LogP contribution is 2.24. The molecule has 0 saturated heterocycles. The molecule has 1 fully saturated rings. The Hall–Kier alpha value is -0.300. The lowest BCUT2D eigenvalue weighted by molar-refractivity contribution is 0.0590. The molecule has 1 heteroatoms. The molecule has 0 amide bonds. The van der Waals surface area contributed by atoms with Gasteiger partial charge < -0.3 is 4.74 Å². The second-order valence-corrected chi connectivity index (χ2v) is 3.62. The average molecular weight is 168 g/mol. The SMILES string of the molecule is C=C1CCCC[C@@H]1OCCCC. The lowest BCUT2D eigenvalue weighted by atomic mass is 9.93. The number of rotatable bonds is 4. The van der Waals surface area contributed by atoms with Crippen LogP contribution in [-0.2, 0) is 4.74 Å². The molecule has 0 radical (unpaired) electrons. The molecular formula is C11H20O. The summed E-state index contributed by atoms with van der Waals surface area (Å²) in [5.74, 6) is 0. The van der Waals surface area contributed by atoms with E-state index < -0.39 is 0 Å². The van der Waals surface area contributed by atoms with E-state index in [-0.39, 0.29) is 0 Å². The van der Waals surface area contributed by atoms with Crippen LogP contribution in [0.2, 0.25) is 0 Å². The van der Waals surface area contributed by atoms with Crippen LogP contribution in [0, 0.1) is 0 Å². The van der Waals surface area contributed by atoms with Crippen molar-refractivity contribution < 1.29 is 4.74 Å². The topological polar surface area (TPSA) is 9.23 Å². The standard InChI is InChI=1S/C11H20O/c1-3-4-9-12-11-8-6-5-7-10(11)2/h11H,2-9H2,1H3/t11-/m0/s1. The van der Waals surface area contributed by atoms with Gasteiger partial charge in [0.25, 0.3) is 0 Å². The molecule has 0 aromatic carbocycles. The van der Waals surface area contributed by atoms with Crippen molar-refractivity contribution in [1.29, 1.82) is 0 Å². The van der Waals surface area contributed by atoms with Crippen LogP contribution in [0.5, 0.6) is 0 Å². The van der Waals surface area contributed by atoms with E-state index in [1.807, 2.05) is 0 Å². The molecule has 70 valence electrons. The molecule has 1 saturated carbocycles. The van der Waals surface area contributed by atoms with E-state index in [0.29, 0.717) is 6.10 Å². The highest BCUT2D eigenvalue weighted by molar-refractivity contribution is 5.04. The summed E-state index contributed by atoms with van der Waals surface area (Å²) in [4.78, 5) is 0. The maximum atomic E-state index is 5.74. The highest BCUT2D eigenvalue weighted by atomic mass is 16.5. The van der Waals surface area contributed by atoms with Gasteiger partial charge in [0.15, 0.2) is 0 Å². The second kappa shape index (κ2) is 5.36. The highest BCUT2D eigenvalue weighted by Gasteiger charge is 2.16. The molecule has 0 unspecified atom stereocenters. The summed E-state index contributed by atoms with van der Waals surface area (Å²) in [6.45, 7) is 7.16. The Kier molecular flexibility index (Phi) is 4.37. The molecule has 0 aliphatic heterocycles. The first-order valence-corrected chi connectivity index (χ1v) is 5.14. The van der Waals surface area contributed by atoms with Crippen LogP contribution in [-0.4, -0.2) is 12.7 Å². The largest absolute Gasteiger partial charge is 0.374 e. The van der Waals surface area contributed by atoms with Crippen LogP contribution in [0.25, 0.3) is 0 Å². The molecule has 12 heavy (non-hydrogen) atoms. The molecule has 1 nitrogen and oxygen atoms in total. The molecule has 0 aromatic rings. The van der Waals surface area contributed by atoms with Crippen molar-refractivity contribution in [2.75, 3.05) is 6.61 Å². The summed E-state index contributed by atoms with van der Waals surface area (Å²) in [6.07, 6.45) is 7.79. The van der Waals surface area contributed by atoms with Gasteiger partial charge in [0.2, 0.25) is 0 Å². The molecule has 0 bridgehead atoms. The fourth-order valence-corrected chi connectivity index (χ4v) is 1.62. The van der Waals surface area contributed by atoms with Gasteiger partial charge in [0.05, 0.1) is 6.10 Å². The van der Waals surface area contributed by atoms with Crippen molar-refractivity contribution in [3.8, 4) is 0 Å². The van der Waals surface area contributed by atoms with Crippen molar-refractivity contribution in [3.63, 3.8) is 0 Å². The minimum absolute atomic E-state index is 0.380. The van der Waals surface area contributed by atoms with Gasteiger partial charge in [-0.3, -0.25) is 0 Å². The average Bonchev–Trinajstić information content (AvgIpc) is 2.09. The number of unbranched alkanes of at least 4 members (excludes halogenated alkanes) is 1. The number of ether oxygens (including phenoxy) is 1. The summed E-state index contributed by atoms with van der Waals surface area (Å²) in [5, 5.41) is 0. The third kappa shape index (κ3) is 2.98. The molecule has 0 aromatic heterocycles. The smallest absolute Gasteiger partial charge is 0.0782 e. The van der Waals surface area contributed by atoms with Gasteiger partial charge in [-0.15, -0.1) is 0 Å². The Morgan fingerprint density at radius 3 is 3.00 bits per heavy atom. The van der Waals surface area contributed by atoms with Crippen molar-refractivity contribution in [1.82, 2.24) is 0 Å². The molecule has 1 atom stereocenters. The van der Waals surface area contributed by atoms with E-state index in [0.717, 1.165) is 6.61 Å². The van der Waals surface area contributed by atoms with Crippen LogP contribution < -0.4 is 0 Å². The predicted octanol–water partition coefficient (Wildman–Crippen LogP) is 3.30. The van der Waals surface area contributed by atoms with Crippen LogP contribution in [0.1, 0.15) is 45.4 Å². The Labute approximate surface area is 75.8 Å². The van der Waals surface area contributed by atoms with E-state index in [1.165, 1.54) is 44.1 Å². The second-order valence-electron chi connectivity index (χ2n) is 3.62. The van der Waals surface area contributed by atoms with E-state index in [4.69, 9.17) is 4.74 Å². The lowest BCUT2D eigenvalue weighted by Crippen LogP contribution is -2.19. The predicted molar refractivity (Wildman–Crippen MR) is 52.3 cm³/mol. The summed E-state index contributed by atoms with van der Waals surface area (Å²) in [6, 6.07) is 0. The van der Waals surface area contributed by atoms with E-state index in [2.05, 4.69) is 13.5 Å². The fourth-order valence-electron chi connectivity index (χ4n) is 1.62. The monoisotopic (exact) mass is 168 g/mol. The van der Waals surface area contributed by atoms with E-state index in [9.17, 15) is 0 Å². The van der Waals surface area contributed by atoms with E-state index in [1.54, 1.807) is 0 Å². The summed E-state index contributed by atoms with van der Waals surface area (Å²) in [7, 11) is 0. The fraction of sp³-hybridized carbons (Fsp3) is 0.818. The Morgan fingerprint density at radius 1 is 1.50 bits per heavy atom. The zero-order valence-corrected chi connectivity index (χ0v) is 8.14. The van der Waals surface area contributed by atoms with Crippen LogP contribution in [0.3, 0.4) is 0 Å². The van der Waals surface area contributed by atoms with Crippen LogP contribution in [0.15, 0.2) is 12.2 Å². The third-order valence-corrected chi connectivity index (χ3v) is 2.49. The maximum Gasteiger partial charge on any atom is 0.0782 e. The van der Waals surface area contributed by atoms with Gasteiger partial charge in [-0.1, -0.05) is 26.3 Å². The molecule has 0 spiro atoms. The molecule has 1 rings (SSSR count). The van der Waals surface area contributed by atoms with Gasteiger partial charge in [0.1, 0.15) is 0 Å². The van der Waals surface area contributed by atoms with Gasteiger partial charge in [-0.05, 0) is 31.3 Å². The maximum absolute atomic E-state index is 5.74. The Balaban J connectivity index is 2.16. The zero-order chi connectivity index (χ0) is 8.81. The molecular weight excluding hydrogens is 148 g/mol. The molecule has 0 N–H and O–H groups in total. The van der Waals surface area contributed by atoms with E-state index >= 15 is 0 Å². The van der Waals surface area contributed by atoms with Crippen molar-refractivity contribution in [2.24, 2.45) is 0 Å². The van der Waals surface area contributed by atoms with Gasteiger partial charge in [-0.2, -0.15) is 0 Å². The van der Waals surface area contributed by atoms with Crippen molar-refractivity contribution in [3.05, 3.63) is 12.2 Å². The molecule has 1 aliphatic carbocycles. The minimum atomic E-state index is 0.380. The van der Waals surface area contributed by atoms with Crippen molar-refractivity contribution >= 4 is 0 Å². The first-order valence-electron chi connectivity index (χ1n) is 5.14. The van der Waals surface area contributed by atoms with Crippen LogP contribution in [0.4, 0.5) is 0 Å². The first-order chi connectivity index (χ1) is 5.84. The number of hydrogen-bond donors (Lipinski definition) is 0. The summed E-state index contributed by atoms with van der Waals surface area (Å²) < 4.78 is 5.74. The Bertz CT molecular complexity index is 140. The van der Waals surface area contributed by atoms with Gasteiger partial charge in [-0.25, -0.2) is 0 Å². The Morgan fingerprint density at radius 2 is 2.33 bits per heavy atom. The molecule has 0 heterocycles. The van der Waals surface area contributed by atoms with Gasteiger partial charge >= 0.3 is 0 Å². The van der Waals surface area contributed by atoms with Crippen molar-refractivity contribution in [2.45, 2.75) is 51.6 Å². The third-order valence-electron chi connectivity index (χ3n) is 2.49. The molecule has 1 aliphatic rings. The quantitative estimate of drug-likeness (QED) is 0.462. The normalized spacial score (nSPS) is 24.4. The first kappa shape index (κ1) is 9.79. The van der Waals surface area contributed by atoms with Gasteiger partial charge in [0, 0.05) is 6.61 Å². The minimum Gasteiger partial charge on any atom is -0.374 e. The summed E-state index contributed by atoms with van der Waals surface area (Å²) in [5.41, 5.74) is 1.32. The number of hydrogen-bond acceptors (Lipinski definition) is 1. The summed E-state index contributed by atoms with van der Waals surface area (Å²) >= 11 is 0. The van der Waals surface area contributed by atoms with Crippen LogP contribution >= 0.6 is 0 Å². The lowest BCUT2D eigenvalue weighted by Gasteiger charge is -2.24.